The van der Waals surface area contributed by atoms with E-state index in [1.807, 2.05) is 30.5 Å². The van der Waals surface area contributed by atoms with Gasteiger partial charge in [-0.2, -0.15) is 0 Å². The second-order valence-corrected chi connectivity index (χ2v) is 7.05. The van der Waals surface area contributed by atoms with E-state index in [9.17, 15) is 0 Å². The molecular formula is C23H26N2O3. The molecule has 4 rings (SSSR count). The summed E-state index contributed by atoms with van der Waals surface area (Å²) in [6.45, 7) is 2.17. The zero-order valence-corrected chi connectivity index (χ0v) is 16.1. The molecule has 1 aromatic heterocycles. The van der Waals surface area contributed by atoms with Crippen molar-refractivity contribution in [1.82, 2.24) is 10.3 Å². The first-order chi connectivity index (χ1) is 13.8. The van der Waals surface area contributed by atoms with Gasteiger partial charge in [0.2, 0.25) is 0 Å². The third-order valence-electron chi connectivity index (χ3n) is 5.09. The van der Waals surface area contributed by atoms with Crippen LogP contribution in [0.2, 0.25) is 0 Å². The van der Waals surface area contributed by atoms with Crippen LogP contribution in [-0.4, -0.2) is 37.6 Å². The van der Waals surface area contributed by atoms with E-state index in [1.165, 1.54) is 11.1 Å². The van der Waals surface area contributed by atoms with Gasteiger partial charge in [-0.05, 0) is 41.8 Å². The second kappa shape index (κ2) is 9.15. The predicted octanol–water partition coefficient (Wildman–Crippen LogP) is 3.71. The van der Waals surface area contributed by atoms with Crippen LogP contribution in [0.25, 0.3) is 10.9 Å². The largest absolute Gasteiger partial charge is 0.497 e. The Morgan fingerprint density at radius 3 is 2.68 bits per heavy atom. The first-order valence-electron chi connectivity index (χ1n) is 9.74. The number of fused-ring (bicyclic) bond motifs is 1. The van der Waals surface area contributed by atoms with E-state index < -0.39 is 0 Å². The molecule has 0 aliphatic carbocycles. The maximum absolute atomic E-state index is 5.93. The Morgan fingerprint density at radius 2 is 1.89 bits per heavy atom. The van der Waals surface area contributed by atoms with Crippen molar-refractivity contribution < 1.29 is 14.2 Å². The van der Waals surface area contributed by atoms with Gasteiger partial charge < -0.3 is 19.5 Å². The smallest absolute Gasteiger partial charge is 0.158 e. The van der Waals surface area contributed by atoms with Gasteiger partial charge >= 0.3 is 0 Å². The Labute approximate surface area is 165 Å². The van der Waals surface area contributed by atoms with Gasteiger partial charge in [0.15, 0.2) is 6.29 Å². The molecule has 1 aliphatic heterocycles. The van der Waals surface area contributed by atoms with Crippen LogP contribution in [0.15, 0.2) is 60.8 Å². The number of aryl methyl sites for hydroxylation is 1. The molecule has 0 atom stereocenters. The van der Waals surface area contributed by atoms with Crippen molar-refractivity contribution in [3.63, 3.8) is 0 Å². The number of pyridine rings is 1. The molecule has 146 valence electrons. The van der Waals surface area contributed by atoms with Gasteiger partial charge in [-0.1, -0.05) is 30.3 Å². The Balaban J connectivity index is 1.28. The van der Waals surface area contributed by atoms with Gasteiger partial charge in [0.1, 0.15) is 5.75 Å². The highest BCUT2D eigenvalue weighted by Gasteiger charge is 2.22. The summed E-state index contributed by atoms with van der Waals surface area (Å²) in [5, 5.41) is 4.62. The third kappa shape index (κ3) is 4.68. The molecule has 5 nitrogen and oxygen atoms in total. The molecule has 0 amide bonds. The van der Waals surface area contributed by atoms with Crippen molar-refractivity contribution in [3.05, 3.63) is 71.9 Å². The van der Waals surface area contributed by atoms with E-state index in [2.05, 4.69) is 40.6 Å². The first-order valence-corrected chi connectivity index (χ1v) is 9.74. The molecule has 2 heterocycles. The van der Waals surface area contributed by atoms with Crippen molar-refractivity contribution in [2.45, 2.75) is 31.7 Å². The molecular weight excluding hydrogens is 352 g/mol. The van der Waals surface area contributed by atoms with Crippen molar-refractivity contribution >= 4 is 10.9 Å². The van der Waals surface area contributed by atoms with Gasteiger partial charge in [-0.15, -0.1) is 0 Å². The zero-order chi connectivity index (χ0) is 19.2. The van der Waals surface area contributed by atoms with E-state index in [1.54, 1.807) is 7.11 Å². The van der Waals surface area contributed by atoms with Crippen LogP contribution in [0.5, 0.6) is 5.75 Å². The summed E-state index contributed by atoms with van der Waals surface area (Å²) in [7, 11) is 1.68. The minimum absolute atomic E-state index is 0.163. The summed E-state index contributed by atoms with van der Waals surface area (Å²) >= 11 is 0. The number of hydrogen-bond donors (Lipinski definition) is 1. The lowest BCUT2D eigenvalue weighted by Crippen LogP contribution is -2.44. The van der Waals surface area contributed by atoms with Crippen LogP contribution in [0.3, 0.4) is 0 Å². The summed E-state index contributed by atoms with van der Waals surface area (Å²) < 4.78 is 17.2. The Morgan fingerprint density at radius 1 is 1.07 bits per heavy atom. The fourth-order valence-corrected chi connectivity index (χ4v) is 3.49. The molecule has 2 aromatic carbocycles. The van der Waals surface area contributed by atoms with E-state index >= 15 is 0 Å². The standard InChI is InChI=1S/C23H26N2O3/c1-26-20-8-9-22-21(13-20)18(11-12-24-22)7-10-23-27-15-19(16-28-23)25-14-17-5-3-2-4-6-17/h2-6,8-9,11-13,19,23,25H,7,10,14-16H2,1H3. The number of benzene rings is 2. The number of aromatic nitrogens is 1. The van der Waals surface area contributed by atoms with Gasteiger partial charge in [0, 0.05) is 24.5 Å². The lowest BCUT2D eigenvalue weighted by atomic mass is 10.0. The van der Waals surface area contributed by atoms with Crippen molar-refractivity contribution in [2.75, 3.05) is 20.3 Å². The van der Waals surface area contributed by atoms with E-state index in [0.717, 1.165) is 36.0 Å². The monoisotopic (exact) mass is 378 g/mol. The fourth-order valence-electron chi connectivity index (χ4n) is 3.49. The van der Waals surface area contributed by atoms with E-state index in [0.29, 0.717) is 13.2 Å². The Kier molecular flexibility index (Phi) is 6.17. The minimum Gasteiger partial charge on any atom is -0.497 e. The molecule has 1 N–H and O–H groups in total. The molecule has 0 spiro atoms. The highest BCUT2D eigenvalue weighted by Crippen LogP contribution is 2.24. The maximum atomic E-state index is 5.93. The quantitative estimate of drug-likeness (QED) is 0.679. The SMILES string of the molecule is COc1ccc2nccc(CCC3OCC(NCc4ccccc4)CO3)c2c1. The van der Waals surface area contributed by atoms with E-state index in [-0.39, 0.29) is 12.3 Å². The normalized spacial score (nSPS) is 19.6. The van der Waals surface area contributed by atoms with Crippen LogP contribution >= 0.6 is 0 Å². The van der Waals surface area contributed by atoms with Gasteiger partial charge in [-0.25, -0.2) is 0 Å². The van der Waals surface area contributed by atoms with Gasteiger partial charge in [0.05, 0.1) is 31.9 Å². The van der Waals surface area contributed by atoms with Crippen LogP contribution in [0.1, 0.15) is 17.5 Å². The molecule has 3 aromatic rings. The number of hydrogen-bond acceptors (Lipinski definition) is 5. The summed E-state index contributed by atoms with van der Waals surface area (Å²) in [5.41, 5.74) is 3.49. The van der Waals surface area contributed by atoms with Crippen molar-refractivity contribution in [2.24, 2.45) is 0 Å². The fraction of sp³-hybridized carbons (Fsp3) is 0.348. The highest BCUT2D eigenvalue weighted by atomic mass is 16.7. The number of rotatable bonds is 7. The molecule has 28 heavy (non-hydrogen) atoms. The van der Waals surface area contributed by atoms with Crippen molar-refractivity contribution in [3.8, 4) is 5.75 Å². The van der Waals surface area contributed by atoms with Crippen LogP contribution in [0, 0.1) is 0 Å². The number of nitrogens with one attached hydrogen (secondary N) is 1. The maximum Gasteiger partial charge on any atom is 0.158 e. The zero-order valence-electron chi connectivity index (χ0n) is 16.1. The summed E-state index contributed by atoms with van der Waals surface area (Å²) in [4.78, 5) is 4.44. The Hall–Kier alpha value is -2.47. The summed E-state index contributed by atoms with van der Waals surface area (Å²) in [6, 6.07) is 18.6. The summed E-state index contributed by atoms with van der Waals surface area (Å²) in [5.74, 6) is 0.847. The number of nitrogens with zero attached hydrogens (tertiary/aromatic N) is 1. The number of methoxy groups -OCH3 is 1. The average molecular weight is 378 g/mol. The van der Waals surface area contributed by atoms with Crippen LogP contribution < -0.4 is 10.1 Å². The van der Waals surface area contributed by atoms with Gasteiger partial charge in [-0.3, -0.25) is 4.98 Å². The van der Waals surface area contributed by atoms with Crippen LogP contribution in [-0.2, 0) is 22.4 Å². The number of ether oxygens (including phenoxy) is 3. The second-order valence-electron chi connectivity index (χ2n) is 7.05. The third-order valence-corrected chi connectivity index (χ3v) is 5.09. The average Bonchev–Trinajstić information content (AvgIpc) is 2.77. The van der Waals surface area contributed by atoms with E-state index in [4.69, 9.17) is 14.2 Å². The van der Waals surface area contributed by atoms with Crippen LogP contribution in [0.4, 0.5) is 0 Å². The molecule has 0 saturated carbocycles. The minimum atomic E-state index is -0.163. The molecule has 0 radical (unpaired) electrons. The Bertz CT molecular complexity index is 893. The highest BCUT2D eigenvalue weighted by molar-refractivity contribution is 5.83. The molecule has 5 heteroatoms. The lowest BCUT2D eigenvalue weighted by Gasteiger charge is -2.30. The molecule has 1 fully saturated rings. The van der Waals surface area contributed by atoms with Crippen molar-refractivity contribution in [1.29, 1.82) is 0 Å². The molecule has 0 bridgehead atoms. The summed E-state index contributed by atoms with van der Waals surface area (Å²) in [6.07, 6.45) is 3.39. The lowest BCUT2D eigenvalue weighted by molar-refractivity contribution is -0.192. The molecule has 0 unspecified atom stereocenters. The molecule has 1 aliphatic rings. The van der Waals surface area contributed by atoms with Gasteiger partial charge in [0.25, 0.3) is 0 Å². The predicted molar refractivity (Wildman–Crippen MR) is 109 cm³/mol. The molecule has 1 saturated heterocycles. The first kappa shape index (κ1) is 18.9. The topological polar surface area (TPSA) is 52.6 Å².